The third-order valence-electron chi connectivity index (χ3n) is 2.52. The molecule has 0 aliphatic rings. The first-order valence-corrected chi connectivity index (χ1v) is 4.78. The Labute approximate surface area is 94.8 Å². The predicted octanol–water partition coefficient (Wildman–Crippen LogP) is 2.99. The maximum absolute atomic E-state index is 7.18. The molecule has 0 unspecified atom stereocenters. The van der Waals surface area contributed by atoms with Crippen LogP contribution in [-0.4, -0.2) is 21.3 Å². The predicted molar refractivity (Wildman–Crippen MR) is 60.4 cm³/mol. The first kappa shape index (κ1) is 12.3. The molecule has 0 spiro atoms. The molecule has 0 amide bonds. The van der Waals surface area contributed by atoms with Gasteiger partial charge in [-0.3, -0.25) is 0 Å². The number of methoxy groups -OCH3 is 3. The van der Waals surface area contributed by atoms with Crippen LogP contribution in [0.4, 0.5) is 5.69 Å². The molecule has 0 fully saturated rings. The second kappa shape index (κ2) is 4.83. The van der Waals surface area contributed by atoms with E-state index in [1.54, 1.807) is 7.11 Å². The zero-order valence-corrected chi connectivity index (χ0v) is 10.2. The molecule has 1 N–H and O–H groups in total. The van der Waals surface area contributed by atoms with Gasteiger partial charge in [-0.05, 0) is 13.8 Å². The number of rotatable bonds is 4. The molecule has 1 rings (SSSR count). The molecule has 0 saturated heterocycles. The lowest BCUT2D eigenvalue weighted by atomic mass is 10.1. The highest BCUT2D eigenvalue weighted by atomic mass is 16.5. The number of hydrogen-bond acceptors (Lipinski definition) is 5. The summed E-state index contributed by atoms with van der Waals surface area (Å²) in [5, 5.41) is 3.45. The minimum atomic E-state index is 0.390. The molecular weight excluding hydrogens is 208 g/mol. The van der Waals surface area contributed by atoms with E-state index in [2.05, 4.69) is 5.11 Å². The van der Waals surface area contributed by atoms with Crippen molar-refractivity contribution in [3.8, 4) is 17.2 Å². The molecule has 0 heterocycles. The molecule has 0 saturated carbocycles. The van der Waals surface area contributed by atoms with Gasteiger partial charge >= 0.3 is 0 Å². The second-order valence-electron chi connectivity index (χ2n) is 3.31. The number of hydrogen-bond donors (Lipinski definition) is 1. The molecule has 0 aliphatic carbocycles. The largest absolute Gasteiger partial charge is 0.496 e. The smallest absolute Gasteiger partial charge is 0.169 e. The van der Waals surface area contributed by atoms with Gasteiger partial charge in [0.15, 0.2) is 17.2 Å². The summed E-state index contributed by atoms with van der Waals surface area (Å²) in [6.45, 7) is 3.72. The van der Waals surface area contributed by atoms with E-state index in [1.165, 1.54) is 14.2 Å². The van der Waals surface area contributed by atoms with Gasteiger partial charge in [0.05, 0.1) is 21.3 Å². The van der Waals surface area contributed by atoms with Crippen molar-refractivity contribution in [3.63, 3.8) is 0 Å². The number of nitrogens with one attached hydrogen (secondary N) is 1. The molecule has 1 aromatic rings. The summed E-state index contributed by atoms with van der Waals surface area (Å²) in [5.74, 6) is 1.71. The van der Waals surface area contributed by atoms with Crippen molar-refractivity contribution >= 4 is 5.69 Å². The number of nitrogens with zero attached hydrogens (tertiary/aromatic N) is 1. The van der Waals surface area contributed by atoms with Crippen molar-refractivity contribution < 1.29 is 14.2 Å². The molecule has 5 heteroatoms. The van der Waals surface area contributed by atoms with E-state index < -0.39 is 0 Å². The third kappa shape index (κ3) is 1.68. The first-order valence-electron chi connectivity index (χ1n) is 4.78. The zero-order chi connectivity index (χ0) is 12.3. The minimum Gasteiger partial charge on any atom is -0.496 e. The third-order valence-corrected chi connectivity index (χ3v) is 2.52. The van der Waals surface area contributed by atoms with Crippen LogP contribution < -0.4 is 14.2 Å². The molecule has 0 aromatic heterocycles. The summed E-state index contributed by atoms with van der Waals surface area (Å²) < 4.78 is 15.8. The highest BCUT2D eigenvalue weighted by Crippen LogP contribution is 2.47. The Balaban J connectivity index is 3.67. The Morgan fingerprint density at radius 2 is 1.19 bits per heavy atom. The van der Waals surface area contributed by atoms with E-state index in [1.807, 2.05) is 13.8 Å². The van der Waals surface area contributed by atoms with Crippen molar-refractivity contribution in [2.45, 2.75) is 13.8 Å². The maximum Gasteiger partial charge on any atom is 0.169 e. The van der Waals surface area contributed by atoms with E-state index in [-0.39, 0.29) is 0 Å². The van der Waals surface area contributed by atoms with Crippen molar-refractivity contribution in [2.75, 3.05) is 21.3 Å². The lowest BCUT2D eigenvalue weighted by molar-refractivity contribution is 0.368. The second-order valence-corrected chi connectivity index (χ2v) is 3.31. The summed E-state index contributed by atoms with van der Waals surface area (Å²) in [6.07, 6.45) is 0. The van der Waals surface area contributed by atoms with Crippen LogP contribution in [0.3, 0.4) is 0 Å². The Morgan fingerprint density at radius 3 is 1.44 bits per heavy atom. The fraction of sp³-hybridized carbons (Fsp3) is 0.455. The SMILES string of the molecule is COc1c(C)c(OC)c(N=N)c(OC)c1C. The maximum atomic E-state index is 7.18. The molecular formula is C11H16N2O3. The first-order chi connectivity index (χ1) is 7.62. The molecule has 0 atom stereocenters. The topological polar surface area (TPSA) is 63.9 Å². The van der Waals surface area contributed by atoms with Gasteiger partial charge in [0, 0.05) is 11.1 Å². The average molecular weight is 224 g/mol. The Morgan fingerprint density at radius 1 is 0.812 bits per heavy atom. The van der Waals surface area contributed by atoms with Crippen LogP contribution in [0.1, 0.15) is 11.1 Å². The van der Waals surface area contributed by atoms with Gasteiger partial charge in [-0.2, -0.15) is 5.11 Å². The van der Waals surface area contributed by atoms with Crippen LogP contribution >= 0.6 is 0 Å². The van der Waals surface area contributed by atoms with Crippen LogP contribution in [0.2, 0.25) is 0 Å². The average Bonchev–Trinajstić information content (AvgIpc) is 2.29. The molecule has 1 aromatic carbocycles. The van der Waals surface area contributed by atoms with Crippen LogP contribution in [0.15, 0.2) is 5.11 Å². The Kier molecular flexibility index (Phi) is 3.71. The van der Waals surface area contributed by atoms with E-state index in [0.717, 1.165) is 11.1 Å². The highest BCUT2D eigenvalue weighted by Gasteiger charge is 2.21. The summed E-state index contributed by atoms with van der Waals surface area (Å²) in [7, 11) is 4.65. The summed E-state index contributed by atoms with van der Waals surface area (Å²) in [4.78, 5) is 0. The van der Waals surface area contributed by atoms with Crippen LogP contribution in [0.25, 0.3) is 0 Å². The molecule has 88 valence electrons. The lowest BCUT2D eigenvalue weighted by Gasteiger charge is -2.18. The number of benzene rings is 1. The van der Waals surface area contributed by atoms with Crippen LogP contribution in [0, 0.1) is 19.4 Å². The van der Waals surface area contributed by atoms with E-state index >= 15 is 0 Å². The van der Waals surface area contributed by atoms with Gasteiger partial charge in [0.1, 0.15) is 5.75 Å². The van der Waals surface area contributed by atoms with Crippen molar-refractivity contribution in [3.05, 3.63) is 11.1 Å². The fourth-order valence-corrected chi connectivity index (χ4v) is 1.85. The van der Waals surface area contributed by atoms with Gasteiger partial charge in [0.2, 0.25) is 0 Å². The van der Waals surface area contributed by atoms with E-state index in [4.69, 9.17) is 19.7 Å². The van der Waals surface area contributed by atoms with Gasteiger partial charge in [-0.1, -0.05) is 0 Å². The summed E-state index contributed by atoms with van der Waals surface area (Å²) >= 11 is 0. The van der Waals surface area contributed by atoms with Crippen molar-refractivity contribution in [1.29, 1.82) is 5.53 Å². The van der Waals surface area contributed by atoms with Crippen LogP contribution in [0.5, 0.6) is 17.2 Å². The Hall–Kier alpha value is -1.78. The molecule has 0 radical (unpaired) electrons. The summed E-state index contributed by atoms with van der Waals surface area (Å²) in [6, 6.07) is 0. The fourth-order valence-electron chi connectivity index (χ4n) is 1.85. The van der Waals surface area contributed by atoms with Gasteiger partial charge in [-0.25, -0.2) is 5.53 Å². The van der Waals surface area contributed by atoms with Crippen molar-refractivity contribution in [1.82, 2.24) is 0 Å². The minimum absolute atomic E-state index is 0.390. The molecule has 0 aliphatic heterocycles. The van der Waals surface area contributed by atoms with Crippen molar-refractivity contribution in [2.24, 2.45) is 5.11 Å². The molecule has 0 bridgehead atoms. The molecule has 16 heavy (non-hydrogen) atoms. The standard InChI is InChI=1S/C11H16N2O3/c1-6-9(14-3)7(2)11(16-5)8(13-12)10(6)15-4/h12H,1-5H3. The van der Waals surface area contributed by atoms with Gasteiger partial charge < -0.3 is 14.2 Å². The Bertz CT molecular complexity index is 385. The molecule has 5 nitrogen and oxygen atoms in total. The highest BCUT2D eigenvalue weighted by molar-refractivity contribution is 5.72. The zero-order valence-electron chi connectivity index (χ0n) is 10.2. The summed E-state index contributed by atoms with van der Waals surface area (Å²) in [5.41, 5.74) is 9.20. The number of ether oxygens (including phenoxy) is 3. The van der Waals surface area contributed by atoms with E-state index in [0.29, 0.717) is 22.9 Å². The quantitative estimate of drug-likeness (QED) is 0.799. The van der Waals surface area contributed by atoms with Gasteiger partial charge in [0.25, 0.3) is 0 Å². The monoisotopic (exact) mass is 224 g/mol. The lowest BCUT2D eigenvalue weighted by Crippen LogP contribution is -1.99. The normalized spacial score (nSPS) is 9.81. The van der Waals surface area contributed by atoms with E-state index in [9.17, 15) is 0 Å². The van der Waals surface area contributed by atoms with Gasteiger partial charge in [-0.15, -0.1) is 0 Å². The van der Waals surface area contributed by atoms with Crippen LogP contribution in [-0.2, 0) is 0 Å².